The quantitative estimate of drug-likeness (QED) is 0.658. The van der Waals surface area contributed by atoms with E-state index in [4.69, 9.17) is 0 Å². The Bertz CT molecular complexity index is 305. The van der Waals surface area contributed by atoms with Crippen LogP contribution < -0.4 is 0 Å². The average Bonchev–Trinajstić information content (AvgIpc) is 2.19. The summed E-state index contributed by atoms with van der Waals surface area (Å²) < 4.78 is 0. The molecule has 0 aliphatic rings. The normalized spacial score (nSPS) is 10.5. The number of carbonyl (C=O) groups excluding carboxylic acids is 1. The van der Waals surface area contributed by atoms with Gasteiger partial charge in [0.15, 0.2) is 6.29 Å². The van der Waals surface area contributed by atoms with Crippen LogP contribution in [0.3, 0.4) is 0 Å². The van der Waals surface area contributed by atoms with Crippen LogP contribution in [-0.2, 0) is 0 Å². The highest BCUT2D eigenvalue weighted by molar-refractivity contribution is 5.75. The van der Waals surface area contributed by atoms with E-state index in [1.807, 2.05) is 12.1 Å². The van der Waals surface area contributed by atoms with Crippen molar-refractivity contribution < 1.29 is 4.79 Å². The van der Waals surface area contributed by atoms with Crippen LogP contribution in [0.5, 0.6) is 0 Å². The summed E-state index contributed by atoms with van der Waals surface area (Å²) in [5, 5.41) is 0. The number of unbranched alkanes of at least 4 members (excludes halogenated alkanes) is 1. The molecule has 1 aromatic heterocycles. The Morgan fingerprint density at radius 2 is 2.15 bits per heavy atom. The maximum absolute atomic E-state index is 10.4. The zero-order chi connectivity index (χ0) is 9.52. The molecule has 0 N–H and O–H groups in total. The van der Waals surface area contributed by atoms with Gasteiger partial charge in [0.2, 0.25) is 0 Å². The summed E-state index contributed by atoms with van der Waals surface area (Å²) in [5.41, 5.74) is 1.61. The summed E-state index contributed by atoms with van der Waals surface area (Å²) in [5.74, 6) is 0. The van der Waals surface area contributed by atoms with E-state index in [1.165, 1.54) is 0 Å². The number of nitrogens with zero attached hydrogens (tertiary/aromatic N) is 1. The predicted octanol–water partition coefficient (Wildman–Crippen LogP) is 2.71. The Kier molecular flexibility index (Phi) is 3.89. The monoisotopic (exact) mass is 175 g/mol. The van der Waals surface area contributed by atoms with Crippen molar-refractivity contribution in [3.8, 4) is 0 Å². The molecule has 0 aliphatic heterocycles. The molecule has 0 amide bonds. The molecule has 0 saturated heterocycles. The van der Waals surface area contributed by atoms with E-state index >= 15 is 0 Å². The highest BCUT2D eigenvalue weighted by atomic mass is 16.1. The molecule has 1 rings (SSSR count). The van der Waals surface area contributed by atoms with Gasteiger partial charge in [-0.2, -0.15) is 0 Å². The van der Waals surface area contributed by atoms with Crippen molar-refractivity contribution in [1.82, 2.24) is 4.98 Å². The molecule has 0 unspecified atom stereocenters. The van der Waals surface area contributed by atoms with Gasteiger partial charge in [-0.1, -0.05) is 25.5 Å². The van der Waals surface area contributed by atoms with Gasteiger partial charge in [-0.05, 0) is 18.1 Å². The molecule has 0 spiro atoms. The third kappa shape index (κ3) is 3.20. The van der Waals surface area contributed by atoms with Gasteiger partial charge in [0.05, 0.1) is 0 Å². The van der Waals surface area contributed by atoms with Crippen LogP contribution >= 0.6 is 0 Å². The van der Waals surface area contributed by atoms with Gasteiger partial charge in [0.25, 0.3) is 0 Å². The molecule has 0 saturated carbocycles. The summed E-state index contributed by atoms with van der Waals surface area (Å²) in [7, 11) is 0. The van der Waals surface area contributed by atoms with Gasteiger partial charge < -0.3 is 0 Å². The number of hydrogen-bond donors (Lipinski definition) is 0. The number of rotatable bonds is 4. The van der Waals surface area contributed by atoms with Gasteiger partial charge in [0, 0.05) is 18.0 Å². The molecule has 1 aromatic rings. The third-order valence-electron chi connectivity index (χ3n) is 1.68. The van der Waals surface area contributed by atoms with Crippen molar-refractivity contribution in [3.63, 3.8) is 0 Å². The predicted molar refractivity (Wildman–Crippen MR) is 53.6 cm³/mol. The fourth-order valence-corrected chi connectivity index (χ4v) is 1.02. The van der Waals surface area contributed by atoms with Crippen molar-refractivity contribution in [3.05, 3.63) is 35.7 Å². The highest BCUT2D eigenvalue weighted by Gasteiger charge is 1.90. The Hall–Kier alpha value is -1.44. The van der Waals surface area contributed by atoms with E-state index in [0.29, 0.717) is 5.56 Å². The maximum atomic E-state index is 10.4. The van der Waals surface area contributed by atoms with Crippen LogP contribution in [0.15, 0.2) is 24.5 Å². The summed E-state index contributed by atoms with van der Waals surface area (Å²) in [6, 6.07) is 1.83. The molecule has 1 heterocycles. The van der Waals surface area contributed by atoms with Crippen LogP contribution in [0.4, 0.5) is 0 Å². The first kappa shape index (κ1) is 9.65. The number of aromatic nitrogens is 1. The van der Waals surface area contributed by atoms with Crippen LogP contribution in [0.1, 0.15) is 35.7 Å². The standard InChI is InChI=1S/C11H13NO/c1-2-3-4-5-10-6-11(9-13)8-12-7-10/h4-9H,2-3H2,1H3/b5-4+. The second-order valence-electron chi connectivity index (χ2n) is 2.86. The van der Waals surface area contributed by atoms with Crippen LogP contribution in [0.25, 0.3) is 6.08 Å². The molecule has 0 fully saturated rings. The lowest BCUT2D eigenvalue weighted by atomic mass is 10.2. The lowest BCUT2D eigenvalue weighted by Gasteiger charge is -1.93. The van der Waals surface area contributed by atoms with E-state index in [1.54, 1.807) is 12.4 Å². The minimum absolute atomic E-state index is 0.624. The molecule has 68 valence electrons. The van der Waals surface area contributed by atoms with Crippen LogP contribution in [0.2, 0.25) is 0 Å². The average molecular weight is 175 g/mol. The molecule has 13 heavy (non-hydrogen) atoms. The number of aldehydes is 1. The topological polar surface area (TPSA) is 30.0 Å². The largest absolute Gasteiger partial charge is 0.298 e. The molecule has 0 bridgehead atoms. The van der Waals surface area contributed by atoms with E-state index in [0.717, 1.165) is 24.7 Å². The second kappa shape index (κ2) is 5.25. The van der Waals surface area contributed by atoms with Crippen molar-refractivity contribution in [2.24, 2.45) is 0 Å². The molecule has 0 radical (unpaired) electrons. The first-order chi connectivity index (χ1) is 6.36. The first-order valence-electron chi connectivity index (χ1n) is 4.43. The third-order valence-corrected chi connectivity index (χ3v) is 1.68. The summed E-state index contributed by atoms with van der Waals surface area (Å²) in [6.07, 6.45) is 10.4. The molecule has 2 heteroatoms. The molecule has 0 atom stereocenters. The maximum Gasteiger partial charge on any atom is 0.151 e. The molecular formula is C11H13NO. The van der Waals surface area contributed by atoms with Crippen molar-refractivity contribution in [2.45, 2.75) is 19.8 Å². The van der Waals surface area contributed by atoms with Gasteiger partial charge >= 0.3 is 0 Å². The second-order valence-corrected chi connectivity index (χ2v) is 2.86. The Morgan fingerprint density at radius 3 is 2.85 bits per heavy atom. The molecule has 2 nitrogen and oxygen atoms in total. The van der Waals surface area contributed by atoms with Crippen molar-refractivity contribution in [1.29, 1.82) is 0 Å². The van der Waals surface area contributed by atoms with E-state index in [-0.39, 0.29) is 0 Å². The van der Waals surface area contributed by atoms with Crippen molar-refractivity contribution >= 4 is 12.4 Å². The number of pyridine rings is 1. The fraction of sp³-hybridized carbons (Fsp3) is 0.273. The smallest absolute Gasteiger partial charge is 0.151 e. The van der Waals surface area contributed by atoms with E-state index in [2.05, 4.69) is 18.0 Å². The molecule has 0 aliphatic carbocycles. The zero-order valence-electron chi connectivity index (χ0n) is 7.73. The van der Waals surface area contributed by atoms with Gasteiger partial charge in [-0.25, -0.2) is 0 Å². The highest BCUT2D eigenvalue weighted by Crippen LogP contribution is 2.04. The van der Waals surface area contributed by atoms with Gasteiger partial charge in [-0.15, -0.1) is 0 Å². The zero-order valence-corrected chi connectivity index (χ0v) is 7.73. The summed E-state index contributed by atoms with van der Waals surface area (Å²) in [6.45, 7) is 2.13. The Morgan fingerprint density at radius 1 is 1.38 bits per heavy atom. The Balaban J connectivity index is 2.71. The SMILES string of the molecule is CCC/C=C/c1cncc(C=O)c1. The Labute approximate surface area is 78.3 Å². The fourth-order valence-electron chi connectivity index (χ4n) is 1.02. The molecular weight excluding hydrogens is 162 g/mol. The lowest BCUT2D eigenvalue weighted by Crippen LogP contribution is -1.83. The number of carbonyl (C=O) groups is 1. The number of allylic oxidation sites excluding steroid dienone is 1. The van der Waals surface area contributed by atoms with Crippen LogP contribution in [0, 0.1) is 0 Å². The van der Waals surface area contributed by atoms with Gasteiger partial charge in [0.1, 0.15) is 0 Å². The van der Waals surface area contributed by atoms with E-state index < -0.39 is 0 Å². The van der Waals surface area contributed by atoms with Gasteiger partial charge in [-0.3, -0.25) is 9.78 Å². The minimum atomic E-state index is 0.624. The summed E-state index contributed by atoms with van der Waals surface area (Å²) >= 11 is 0. The lowest BCUT2D eigenvalue weighted by molar-refractivity contribution is 0.112. The van der Waals surface area contributed by atoms with Crippen molar-refractivity contribution in [2.75, 3.05) is 0 Å². The first-order valence-corrected chi connectivity index (χ1v) is 4.43. The number of hydrogen-bond acceptors (Lipinski definition) is 2. The van der Waals surface area contributed by atoms with Crippen LogP contribution in [-0.4, -0.2) is 11.3 Å². The van der Waals surface area contributed by atoms with E-state index in [9.17, 15) is 4.79 Å². The minimum Gasteiger partial charge on any atom is -0.298 e. The molecule has 0 aromatic carbocycles. The summed E-state index contributed by atoms with van der Waals surface area (Å²) in [4.78, 5) is 14.4.